The van der Waals surface area contributed by atoms with Crippen LogP contribution in [-0.4, -0.2) is 47.3 Å². The van der Waals surface area contributed by atoms with Crippen molar-refractivity contribution in [3.63, 3.8) is 0 Å². The summed E-state index contributed by atoms with van der Waals surface area (Å²) < 4.78 is 8.61. The summed E-state index contributed by atoms with van der Waals surface area (Å²) in [5, 5.41) is 9.27. The maximum absolute atomic E-state index is 11.7. The number of fused-ring (bicyclic) bond motifs is 2. The van der Waals surface area contributed by atoms with Gasteiger partial charge < -0.3 is 19.0 Å². The van der Waals surface area contributed by atoms with Crippen LogP contribution in [0.3, 0.4) is 0 Å². The molecule has 0 saturated heterocycles. The van der Waals surface area contributed by atoms with Crippen LogP contribution in [0.15, 0.2) is 36.7 Å². The minimum absolute atomic E-state index is 0. The Morgan fingerprint density at radius 3 is 1.89 bits per heavy atom. The number of hydrogen-bond donors (Lipinski definition) is 1. The van der Waals surface area contributed by atoms with E-state index in [1.54, 1.807) is 12.4 Å². The molecule has 0 radical (unpaired) electrons. The van der Waals surface area contributed by atoms with E-state index in [9.17, 15) is 9.90 Å². The van der Waals surface area contributed by atoms with Gasteiger partial charge in [0, 0.05) is 25.5 Å². The summed E-state index contributed by atoms with van der Waals surface area (Å²) >= 11 is 0. The Labute approximate surface area is 214 Å². The number of carbonyl (C=O) groups is 1. The number of rotatable bonds is 8. The number of pyridine rings is 2. The summed E-state index contributed by atoms with van der Waals surface area (Å²) in [5.74, 6) is 1.79. The highest BCUT2D eigenvalue weighted by atomic mass is 16.5. The summed E-state index contributed by atoms with van der Waals surface area (Å²) in [4.78, 5) is 29.0. The van der Waals surface area contributed by atoms with Gasteiger partial charge in [-0.1, -0.05) is 42.5 Å². The molecule has 0 aromatic carbocycles. The van der Waals surface area contributed by atoms with Gasteiger partial charge in [-0.3, -0.25) is 0 Å². The second-order valence-corrected chi connectivity index (χ2v) is 8.97. The van der Waals surface area contributed by atoms with Gasteiger partial charge in [-0.2, -0.15) is 0 Å². The van der Waals surface area contributed by atoms with Gasteiger partial charge in [0.1, 0.15) is 23.5 Å². The van der Waals surface area contributed by atoms with Gasteiger partial charge in [-0.25, -0.2) is 24.7 Å². The van der Waals surface area contributed by atoms with Gasteiger partial charge >= 0.3 is 5.97 Å². The molecule has 0 fully saturated rings. The normalized spacial score (nSPS) is 10.7. The topological polar surface area (TPSA) is 108 Å². The van der Waals surface area contributed by atoms with Crippen LogP contribution in [0.25, 0.3) is 22.3 Å². The van der Waals surface area contributed by atoms with Crippen LogP contribution in [0.2, 0.25) is 0 Å². The second-order valence-electron chi connectivity index (χ2n) is 8.97. The lowest BCUT2D eigenvalue weighted by Crippen LogP contribution is -2.13. The highest BCUT2D eigenvalue weighted by Gasteiger charge is 2.18. The lowest BCUT2D eigenvalue weighted by atomic mass is 10.1. The summed E-state index contributed by atoms with van der Waals surface area (Å²) in [5.41, 5.74) is 3.18. The van der Waals surface area contributed by atoms with Crippen molar-refractivity contribution in [3.05, 3.63) is 48.3 Å². The van der Waals surface area contributed by atoms with E-state index >= 15 is 0 Å². The first kappa shape index (κ1) is 30.7. The molecular weight excluding hydrogens is 456 g/mol. The molecule has 0 saturated carbocycles. The first-order valence-corrected chi connectivity index (χ1v) is 11.7. The van der Waals surface area contributed by atoms with Crippen LogP contribution in [0.4, 0.5) is 0 Å². The molecule has 0 aliphatic rings. The summed E-state index contributed by atoms with van der Waals surface area (Å²) in [7, 11) is 1.36. The van der Waals surface area contributed by atoms with Crippen LogP contribution in [-0.2, 0) is 24.4 Å². The summed E-state index contributed by atoms with van der Waals surface area (Å²) in [6.45, 7) is 10.2. The first-order chi connectivity index (χ1) is 16.3. The van der Waals surface area contributed by atoms with Gasteiger partial charge in [0.05, 0.1) is 7.11 Å². The lowest BCUT2D eigenvalue weighted by Gasteiger charge is -2.08. The third-order valence-corrected chi connectivity index (χ3v) is 5.46. The monoisotopic (exact) mass is 498 g/mol. The Bertz CT molecular complexity index is 1230. The molecule has 4 heterocycles. The molecule has 0 aliphatic carbocycles. The molecule has 1 N–H and O–H groups in total. The fourth-order valence-electron chi connectivity index (χ4n) is 3.55. The van der Waals surface area contributed by atoms with E-state index in [0.717, 1.165) is 48.3 Å². The lowest BCUT2D eigenvalue weighted by molar-refractivity contribution is 0.0581. The van der Waals surface area contributed by atoms with E-state index in [2.05, 4.69) is 47.6 Å². The van der Waals surface area contributed by atoms with E-state index in [1.807, 2.05) is 33.4 Å². The second kappa shape index (κ2) is 14.3. The Hall–Kier alpha value is -3.33. The molecule has 0 atom stereocenters. The van der Waals surface area contributed by atoms with Crippen LogP contribution >= 0.6 is 0 Å². The molecule has 4 rings (SSSR count). The average molecular weight is 499 g/mol. The largest absolute Gasteiger partial charge is 0.463 e. The molecule has 0 spiro atoms. The van der Waals surface area contributed by atoms with E-state index in [0.29, 0.717) is 23.5 Å². The number of aromatic nitrogens is 6. The quantitative estimate of drug-likeness (QED) is 0.319. The number of esters is 1. The smallest absolute Gasteiger partial charge is 0.374 e. The molecule has 36 heavy (non-hydrogen) atoms. The summed E-state index contributed by atoms with van der Waals surface area (Å²) in [6.07, 6.45) is 5.50. The highest BCUT2D eigenvalue weighted by Crippen LogP contribution is 2.17. The zero-order valence-electron chi connectivity index (χ0n) is 20.6. The highest BCUT2D eigenvalue weighted by molar-refractivity contribution is 5.90. The fourth-order valence-corrected chi connectivity index (χ4v) is 3.55. The number of hydrogen-bond acceptors (Lipinski definition) is 7. The predicted octanol–water partition coefficient (Wildman–Crippen LogP) is 5.51. The predicted molar refractivity (Wildman–Crippen MR) is 145 cm³/mol. The van der Waals surface area contributed by atoms with Crippen LogP contribution in [0, 0.1) is 11.8 Å². The van der Waals surface area contributed by atoms with Gasteiger partial charge in [-0.05, 0) is 48.9 Å². The molecule has 0 unspecified atom stereocenters. The molecule has 0 aliphatic heterocycles. The number of ether oxygens (including phenoxy) is 1. The minimum atomic E-state index is -0.420. The fraction of sp³-hybridized carbons (Fsp3) is 0.519. The van der Waals surface area contributed by atoms with E-state index in [4.69, 9.17) is 4.74 Å². The molecular formula is C27H42N6O3. The van der Waals surface area contributed by atoms with Crippen LogP contribution < -0.4 is 0 Å². The maximum atomic E-state index is 11.7. The Balaban J connectivity index is 0.000000343. The number of imidazole rings is 2. The van der Waals surface area contributed by atoms with Gasteiger partial charge in [0.2, 0.25) is 5.82 Å². The Morgan fingerprint density at radius 1 is 0.889 bits per heavy atom. The number of aliphatic hydroxyl groups excluding tert-OH is 1. The molecule has 198 valence electrons. The molecule has 4 aromatic rings. The van der Waals surface area contributed by atoms with E-state index < -0.39 is 5.97 Å². The van der Waals surface area contributed by atoms with E-state index in [1.165, 1.54) is 7.11 Å². The zero-order valence-corrected chi connectivity index (χ0v) is 20.6. The summed E-state index contributed by atoms with van der Waals surface area (Å²) in [6, 6.07) is 7.44. The van der Waals surface area contributed by atoms with Crippen molar-refractivity contribution in [1.29, 1.82) is 0 Å². The van der Waals surface area contributed by atoms with Gasteiger partial charge in [0.25, 0.3) is 0 Å². The number of nitrogens with zero attached hydrogens (tertiary/aromatic N) is 6. The standard InChI is InChI=1S/C13H17N3O2.C12H17N3O.2CH4/c1-9(2)6-8-16-11-10(5-4-7-14-11)15-12(16)13(17)18-3;1-9(2)5-7-15-11(8-16)14-10-4-3-6-13-12(10)15;;/h4-5,7,9H,6,8H2,1-3H3;3-4,6,9,16H,5,7-8H2,1-2H3;2*1H4. The number of carbonyl (C=O) groups excluding carboxylic acids is 1. The number of aryl methyl sites for hydroxylation is 2. The Kier molecular flexibility index (Phi) is 12.2. The molecule has 4 aromatic heterocycles. The van der Waals surface area contributed by atoms with Crippen molar-refractivity contribution in [2.24, 2.45) is 11.8 Å². The molecule has 9 nitrogen and oxygen atoms in total. The van der Waals surface area contributed by atoms with Crippen LogP contribution in [0.1, 0.15) is 71.8 Å². The van der Waals surface area contributed by atoms with Crippen molar-refractivity contribution < 1.29 is 14.6 Å². The third kappa shape index (κ3) is 7.34. The minimum Gasteiger partial charge on any atom is -0.463 e. The van der Waals surface area contributed by atoms with Crippen molar-refractivity contribution >= 4 is 28.3 Å². The van der Waals surface area contributed by atoms with Crippen molar-refractivity contribution in [3.8, 4) is 0 Å². The van der Waals surface area contributed by atoms with Crippen molar-refractivity contribution in [2.75, 3.05) is 7.11 Å². The van der Waals surface area contributed by atoms with Gasteiger partial charge in [-0.15, -0.1) is 0 Å². The van der Waals surface area contributed by atoms with E-state index in [-0.39, 0.29) is 21.5 Å². The molecule has 0 amide bonds. The number of aliphatic hydroxyl groups is 1. The Morgan fingerprint density at radius 2 is 1.39 bits per heavy atom. The third-order valence-electron chi connectivity index (χ3n) is 5.46. The molecule has 9 heteroatoms. The zero-order chi connectivity index (χ0) is 24.7. The van der Waals surface area contributed by atoms with Crippen molar-refractivity contribution in [1.82, 2.24) is 29.1 Å². The van der Waals surface area contributed by atoms with Crippen LogP contribution in [0.5, 0.6) is 0 Å². The maximum Gasteiger partial charge on any atom is 0.374 e. The van der Waals surface area contributed by atoms with Crippen molar-refractivity contribution in [2.45, 2.75) is 75.1 Å². The average Bonchev–Trinajstić information content (AvgIpc) is 3.39. The SMILES string of the molecule is C.C.CC(C)CCn1c(CO)nc2cccnc21.COC(=O)c1nc2cccnc2n1CCC(C)C. The molecule has 0 bridgehead atoms. The number of methoxy groups -OCH3 is 1. The first-order valence-electron chi connectivity index (χ1n) is 11.7. The van der Waals surface area contributed by atoms with Gasteiger partial charge in [0.15, 0.2) is 11.3 Å².